The van der Waals surface area contributed by atoms with Crippen LogP contribution in [0.25, 0.3) is 0 Å². The fraction of sp³-hybridized carbons (Fsp3) is 0.600. The van der Waals surface area contributed by atoms with Gasteiger partial charge < -0.3 is 11.1 Å². The summed E-state index contributed by atoms with van der Waals surface area (Å²) in [5.41, 5.74) is 6.51. The summed E-state index contributed by atoms with van der Waals surface area (Å²) in [7, 11) is 0. The van der Waals surface area contributed by atoms with E-state index in [4.69, 9.17) is 5.73 Å². The molecular formula is C15H23N3O. The van der Waals surface area contributed by atoms with Crippen molar-refractivity contribution < 1.29 is 4.79 Å². The molecule has 0 radical (unpaired) electrons. The summed E-state index contributed by atoms with van der Waals surface area (Å²) in [5, 5.41) is 3.49. The van der Waals surface area contributed by atoms with Crippen molar-refractivity contribution in [3.8, 4) is 0 Å². The summed E-state index contributed by atoms with van der Waals surface area (Å²) in [5.74, 6) is 0.428. The minimum Gasteiger partial charge on any atom is -0.382 e. The van der Waals surface area contributed by atoms with Crippen LogP contribution in [0.2, 0.25) is 0 Å². The van der Waals surface area contributed by atoms with Crippen LogP contribution in [-0.2, 0) is 0 Å². The Morgan fingerprint density at radius 3 is 2.79 bits per heavy atom. The predicted octanol–water partition coefficient (Wildman–Crippen LogP) is 2.95. The van der Waals surface area contributed by atoms with E-state index in [0.29, 0.717) is 11.7 Å². The van der Waals surface area contributed by atoms with Crippen molar-refractivity contribution in [2.45, 2.75) is 51.5 Å². The number of pyridine rings is 1. The van der Waals surface area contributed by atoms with Gasteiger partial charge in [0.05, 0.1) is 0 Å². The van der Waals surface area contributed by atoms with Crippen LogP contribution < -0.4 is 11.1 Å². The maximum absolute atomic E-state index is 11.1. The van der Waals surface area contributed by atoms with Crippen LogP contribution in [0.5, 0.6) is 0 Å². The molecule has 1 aromatic heterocycles. The monoisotopic (exact) mass is 261 g/mol. The molecule has 4 heteroatoms. The Morgan fingerprint density at radius 2 is 2.16 bits per heavy atom. The molecule has 1 aliphatic rings. The Balaban J connectivity index is 1.88. The Labute approximate surface area is 114 Å². The molecule has 0 bridgehead atoms. The Kier molecular flexibility index (Phi) is 4.77. The zero-order valence-electron chi connectivity index (χ0n) is 11.6. The van der Waals surface area contributed by atoms with Gasteiger partial charge in [0, 0.05) is 17.9 Å². The summed E-state index contributed by atoms with van der Waals surface area (Å²) < 4.78 is 0. The zero-order valence-corrected chi connectivity index (χ0v) is 11.6. The lowest BCUT2D eigenvalue weighted by molar-refractivity contribution is 0.0995. The molecular weight excluding hydrogens is 238 g/mol. The number of amides is 1. The van der Waals surface area contributed by atoms with Crippen molar-refractivity contribution in [3.05, 3.63) is 24.0 Å². The van der Waals surface area contributed by atoms with Crippen molar-refractivity contribution in [3.63, 3.8) is 0 Å². The van der Waals surface area contributed by atoms with Crippen LogP contribution in [-0.4, -0.2) is 16.9 Å². The highest BCUT2D eigenvalue weighted by Gasteiger charge is 2.20. The number of rotatable bonds is 5. The van der Waals surface area contributed by atoms with Crippen molar-refractivity contribution in [1.29, 1.82) is 0 Å². The van der Waals surface area contributed by atoms with Crippen molar-refractivity contribution in [2.75, 3.05) is 5.32 Å². The summed E-state index contributed by atoms with van der Waals surface area (Å²) in [6.07, 6.45) is 9.30. The highest BCUT2D eigenvalue weighted by atomic mass is 16.1. The smallest absolute Gasteiger partial charge is 0.267 e. The number of nitrogens with two attached hydrogens (primary N) is 1. The second-order valence-corrected chi connectivity index (χ2v) is 5.44. The van der Waals surface area contributed by atoms with Gasteiger partial charge in [0.1, 0.15) is 5.69 Å². The second-order valence-electron chi connectivity index (χ2n) is 5.44. The quantitative estimate of drug-likeness (QED) is 0.856. The van der Waals surface area contributed by atoms with Gasteiger partial charge in [-0.3, -0.25) is 9.78 Å². The first-order valence-corrected chi connectivity index (χ1v) is 7.21. The molecule has 1 amide bonds. The minimum absolute atomic E-state index is 0.324. The summed E-state index contributed by atoms with van der Waals surface area (Å²) >= 11 is 0. The topological polar surface area (TPSA) is 68.0 Å². The highest BCUT2D eigenvalue weighted by Crippen LogP contribution is 2.29. The molecule has 1 heterocycles. The lowest BCUT2D eigenvalue weighted by Crippen LogP contribution is -2.26. The van der Waals surface area contributed by atoms with E-state index in [1.54, 1.807) is 12.3 Å². The van der Waals surface area contributed by atoms with Crippen LogP contribution in [0.3, 0.4) is 0 Å². The van der Waals surface area contributed by atoms with E-state index in [9.17, 15) is 4.79 Å². The number of carbonyl (C=O) groups is 1. The third kappa shape index (κ3) is 3.94. The fourth-order valence-electron chi connectivity index (χ4n) is 2.89. The van der Waals surface area contributed by atoms with Gasteiger partial charge in [0.15, 0.2) is 0 Å². The zero-order chi connectivity index (χ0) is 13.7. The van der Waals surface area contributed by atoms with E-state index >= 15 is 0 Å². The van der Waals surface area contributed by atoms with E-state index in [1.807, 2.05) is 6.07 Å². The summed E-state index contributed by atoms with van der Waals surface area (Å²) in [4.78, 5) is 15.0. The number of primary amides is 1. The fourth-order valence-corrected chi connectivity index (χ4v) is 2.89. The van der Waals surface area contributed by atoms with Gasteiger partial charge in [0.2, 0.25) is 0 Å². The summed E-state index contributed by atoms with van der Waals surface area (Å²) in [6.45, 7) is 2.26. The molecule has 19 heavy (non-hydrogen) atoms. The number of hydrogen-bond acceptors (Lipinski definition) is 3. The standard InChI is InChI=1S/C15H23N3O/c1-2-3-11-4-6-12(7-5-11)18-13-8-9-17-14(10-13)15(16)19/h8-12H,2-7H2,1H3,(H2,16,19)(H,17,18). The molecule has 1 saturated carbocycles. The van der Waals surface area contributed by atoms with Gasteiger partial charge in [-0.25, -0.2) is 0 Å². The van der Waals surface area contributed by atoms with Gasteiger partial charge in [-0.1, -0.05) is 19.8 Å². The second kappa shape index (κ2) is 6.55. The number of carbonyl (C=O) groups excluding carboxylic acids is 1. The lowest BCUT2D eigenvalue weighted by Gasteiger charge is -2.29. The van der Waals surface area contributed by atoms with E-state index < -0.39 is 5.91 Å². The molecule has 0 aliphatic heterocycles. The number of nitrogens with zero attached hydrogens (tertiary/aromatic N) is 1. The Morgan fingerprint density at radius 1 is 1.42 bits per heavy atom. The van der Waals surface area contributed by atoms with Crippen molar-refractivity contribution in [1.82, 2.24) is 4.98 Å². The molecule has 0 saturated heterocycles. The van der Waals surface area contributed by atoms with Crippen molar-refractivity contribution >= 4 is 11.6 Å². The van der Waals surface area contributed by atoms with Crippen molar-refractivity contribution in [2.24, 2.45) is 11.7 Å². The van der Waals surface area contributed by atoms with E-state index in [2.05, 4.69) is 17.2 Å². The third-order valence-corrected chi connectivity index (χ3v) is 3.93. The largest absolute Gasteiger partial charge is 0.382 e. The molecule has 1 aromatic rings. The number of hydrogen-bond donors (Lipinski definition) is 2. The first kappa shape index (κ1) is 13.8. The van der Waals surface area contributed by atoms with E-state index in [-0.39, 0.29) is 0 Å². The molecule has 0 unspecified atom stereocenters. The molecule has 0 atom stereocenters. The number of anilines is 1. The molecule has 1 aliphatic carbocycles. The van der Waals surface area contributed by atoms with Gasteiger partial charge in [-0.2, -0.15) is 0 Å². The van der Waals surface area contributed by atoms with E-state index in [1.165, 1.54) is 38.5 Å². The molecule has 104 valence electrons. The summed E-state index contributed by atoms with van der Waals surface area (Å²) in [6, 6.07) is 4.14. The van der Waals surface area contributed by atoms with Crippen LogP contribution in [0.4, 0.5) is 5.69 Å². The van der Waals surface area contributed by atoms with Gasteiger partial charge in [-0.15, -0.1) is 0 Å². The van der Waals surface area contributed by atoms with Gasteiger partial charge in [0.25, 0.3) is 5.91 Å². The molecule has 3 N–H and O–H groups in total. The molecule has 0 spiro atoms. The predicted molar refractivity (Wildman–Crippen MR) is 77.0 cm³/mol. The van der Waals surface area contributed by atoms with Gasteiger partial charge in [-0.05, 0) is 43.7 Å². The molecule has 1 fully saturated rings. The first-order chi connectivity index (χ1) is 9.19. The number of nitrogens with one attached hydrogen (secondary N) is 1. The maximum atomic E-state index is 11.1. The Bertz CT molecular complexity index is 425. The maximum Gasteiger partial charge on any atom is 0.267 e. The molecule has 4 nitrogen and oxygen atoms in total. The molecule has 2 rings (SSSR count). The van der Waals surface area contributed by atoms with Crippen LogP contribution in [0.15, 0.2) is 18.3 Å². The van der Waals surface area contributed by atoms with Crippen LogP contribution in [0.1, 0.15) is 55.9 Å². The average molecular weight is 261 g/mol. The average Bonchev–Trinajstić information content (AvgIpc) is 2.42. The normalized spacial score (nSPS) is 23.0. The van der Waals surface area contributed by atoms with Gasteiger partial charge >= 0.3 is 0 Å². The minimum atomic E-state index is -0.477. The first-order valence-electron chi connectivity index (χ1n) is 7.21. The lowest BCUT2D eigenvalue weighted by atomic mass is 9.83. The van der Waals surface area contributed by atoms with Crippen LogP contribution >= 0.6 is 0 Å². The SMILES string of the molecule is CCCC1CCC(Nc2ccnc(C(N)=O)c2)CC1. The highest BCUT2D eigenvalue weighted by molar-refractivity contribution is 5.91. The number of aromatic nitrogens is 1. The Hall–Kier alpha value is -1.58. The molecule has 0 aromatic carbocycles. The van der Waals surface area contributed by atoms with Crippen LogP contribution in [0, 0.1) is 5.92 Å². The van der Waals surface area contributed by atoms with E-state index in [0.717, 1.165) is 11.6 Å². The third-order valence-electron chi connectivity index (χ3n) is 3.93.